The highest BCUT2D eigenvalue weighted by molar-refractivity contribution is 5.89. The zero-order valence-electron chi connectivity index (χ0n) is 22.8. The summed E-state index contributed by atoms with van der Waals surface area (Å²) in [5.41, 5.74) is 1.71. The summed E-state index contributed by atoms with van der Waals surface area (Å²) in [7, 11) is 0. The fourth-order valence-corrected chi connectivity index (χ4v) is 4.80. The molecule has 0 radical (unpaired) electrons. The highest BCUT2D eigenvalue weighted by atomic mass is 16.7. The quantitative estimate of drug-likeness (QED) is 0.163. The number of amides is 2. The number of benzene rings is 4. The third-order valence-corrected chi connectivity index (χ3v) is 6.92. The van der Waals surface area contributed by atoms with Gasteiger partial charge in [-0.15, -0.1) is 0 Å². The summed E-state index contributed by atoms with van der Waals surface area (Å²) < 4.78 is 0. The van der Waals surface area contributed by atoms with Crippen LogP contribution >= 0.6 is 0 Å². The van der Waals surface area contributed by atoms with Crippen molar-refractivity contribution in [2.45, 2.75) is 31.4 Å². The van der Waals surface area contributed by atoms with Crippen LogP contribution in [0, 0.1) is 5.92 Å². The van der Waals surface area contributed by atoms with Gasteiger partial charge in [0.15, 0.2) is 0 Å². The standard InChI is InChI=1S/C34H34N2O5/c37-26-36(41-25-30-19-11-4-12-20-30)24-31(21-27-13-5-1-6-14-27)32(38)35-34(33(39)40,22-28-15-7-2-8-16-28)23-29-17-9-3-10-18-29/h1-20,26,31H,21-25H2,(H,35,38)(H,39,40)/t31-/m0/s1. The number of carboxylic acid groups (broad SMARTS) is 1. The van der Waals surface area contributed by atoms with E-state index in [9.17, 15) is 19.5 Å². The fourth-order valence-electron chi connectivity index (χ4n) is 4.80. The van der Waals surface area contributed by atoms with Crippen LogP contribution in [0.4, 0.5) is 0 Å². The predicted octanol–water partition coefficient (Wildman–Crippen LogP) is 4.86. The molecule has 2 amide bonds. The number of nitrogens with one attached hydrogen (secondary N) is 1. The Hall–Kier alpha value is -4.75. The Labute approximate surface area is 240 Å². The zero-order valence-corrected chi connectivity index (χ0v) is 22.8. The van der Waals surface area contributed by atoms with Crippen molar-refractivity contribution in [2.24, 2.45) is 5.92 Å². The lowest BCUT2D eigenvalue weighted by Crippen LogP contribution is -2.59. The zero-order chi connectivity index (χ0) is 28.9. The second-order valence-corrected chi connectivity index (χ2v) is 10.1. The SMILES string of the molecule is O=CN(C[C@H](Cc1ccccc1)C(=O)NC(Cc1ccccc1)(Cc1ccccc1)C(=O)O)OCc1ccccc1. The van der Waals surface area contributed by atoms with E-state index >= 15 is 0 Å². The molecule has 4 aromatic carbocycles. The van der Waals surface area contributed by atoms with Gasteiger partial charge in [-0.1, -0.05) is 121 Å². The Morgan fingerprint density at radius 3 is 1.61 bits per heavy atom. The minimum absolute atomic E-state index is 0.0521. The monoisotopic (exact) mass is 550 g/mol. The van der Waals surface area contributed by atoms with Gasteiger partial charge in [0.25, 0.3) is 0 Å². The Balaban J connectivity index is 1.61. The number of nitrogens with zero attached hydrogens (tertiary/aromatic N) is 1. The summed E-state index contributed by atoms with van der Waals surface area (Å²) in [4.78, 5) is 44.7. The maximum atomic E-state index is 14.0. The summed E-state index contributed by atoms with van der Waals surface area (Å²) in [5.74, 6) is -2.38. The van der Waals surface area contributed by atoms with Crippen LogP contribution in [0.1, 0.15) is 22.3 Å². The predicted molar refractivity (Wildman–Crippen MR) is 156 cm³/mol. The van der Waals surface area contributed by atoms with Crippen molar-refractivity contribution in [2.75, 3.05) is 6.54 Å². The first-order valence-corrected chi connectivity index (χ1v) is 13.5. The van der Waals surface area contributed by atoms with Crippen LogP contribution in [0.25, 0.3) is 0 Å². The number of hydroxylamine groups is 2. The Morgan fingerprint density at radius 2 is 1.17 bits per heavy atom. The molecule has 0 aromatic heterocycles. The number of hydrogen-bond acceptors (Lipinski definition) is 4. The van der Waals surface area contributed by atoms with E-state index in [4.69, 9.17) is 4.84 Å². The number of aliphatic carboxylic acids is 1. The second kappa shape index (κ2) is 14.6. The third-order valence-electron chi connectivity index (χ3n) is 6.92. The molecule has 0 aliphatic rings. The Morgan fingerprint density at radius 1 is 0.732 bits per heavy atom. The molecule has 0 unspecified atom stereocenters. The van der Waals surface area contributed by atoms with Crippen molar-refractivity contribution < 1.29 is 24.3 Å². The molecular weight excluding hydrogens is 516 g/mol. The summed E-state index contributed by atoms with van der Waals surface area (Å²) in [5, 5.41) is 14.6. The van der Waals surface area contributed by atoms with Gasteiger partial charge in [-0.25, -0.2) is 9.86 Å². The lowest BCUT2D eigenvalue weighted by atomic mass is 9.83. The largest absolute Gasteiger partial charge is 0.479 e. The minimum Gasteiger partial charge on any atom is -0.479 e. The molecule has 0 fully saturated rings. The van der Waals surface area contributed by atoms with Crippen LogP contribution < -0.4 is 5.32 Å². The van der Waals surface area contributed by atoms with Crippen LogP contribution in [-0.4, -0.2) is 40.5 Å². The molecular formula is C34H34N2O5. The van der Waals surface area contributed by atoms with Crippen molar-refractivity contribution >= 4 is 18.3 Å². The molecule has 0 heterocycles. The van der Waals surface area contributed by atoms with E-state index in [0.29, 0.717) is 6.41 Å². The summed E-state index contributed by atoms with van der Waals surface area (Å²) >= 11 is 0. The summed E-state index contributed by atoms with van der Waals surface area (Å²) in [6, 6.07) is 37.3. The number of carboxylic acids is 1. The summed E-state index contributed by atoms with van der Waals surface area (Å²) in [6.07, 6.45) is 1.01. The molecule has 2 N–H and O–H groups in total. The van der Waals surface area contributed by atoms with E-state index in [1.54, 1.807) is 0 Å². The second-order valence-electron chi connectivity index (χ2n) is 10.1. The maximum absolute atomic E-state index is 14.0. The first-order chi connectivity index (χ1) is 20.0. The van der Waals surface area contributed by atoms with E-state index in [2.05, 4.69) is 5.32 Å². The van der Waals surface area contributed by atoms with Gasteiger partial charge in [0.2, 0.25) is 12.3 Å². The van der Waals surface area contributed by atoms with Crippen molar-refractivity contribution in [1.82, 2.24) is 10.4 Å². The molecule has 0 saturated carbocycles. The Bertz CT molecular complexity index is 1340. The maximum Gasteiger partial charge on any atom is 0.330 e. The molecule has 7 heteroatoms. The van der Waals surface area contributed by atoms with Crippen molar-refractivity contribution in [1.29, 1.82) is 0 Å². The highest BCUT2D eigenvalue weighted by Crippen LogP contribution is 2.23. The average Bonchev–Trinajstić information content (AvgIpc) is 3.00. The van der Waals surface area contributed by atoms with Gasteiger partial charge < -0.3 is 10.4 Å². The molecule has 0 aliphatic heterocycles. The topological polar surface area (TPSA) is 95.9 Å². The third kappa shape index (κ3) is 8.62. The minimum atomic E-state index is -1.62. The van der Waals surface area contributed by atoms with E-state index in [1.807, 2.05) is 121 Å². The van der Waals surface area contributed by atoms with Gasteiger partial charge >= 0.3 is 5.97 Å². The van der Waals surface area contributed by atoms with Gasteiger partial charge in [-0.05, 0) is 28.7 Å². The molecule has 4 aromatic rings. The van der Waals surface area contributed by atoms with Crippen LogP contribution in [0.2, 0.25) is 0 Å². The van der Waals surface area contributed by atoms with Crippen molar-refractivity contribution in [3.8, 4) is 0 Å². The molecule has 4 rings (SSSR count). The van der Waals surface area contributed by atoms with Gasteiger partial charge in [0, 0.05) is 12.8 Å². The molecule has 41 heavy (non-hydrogen) atoms. The molecule has 1 atom stereocenters. The molecule has 0 aliphatic carbocycles. The summed E-state index contributed by atoms with van der Waals surface area (Å²) in [6.45, 7) is 0.101. The Kier molecular flexibility index (Phi) is 10.4. The van der Waals surface area contributed by atoms with Crippen molar-refractivity contribution in [3.63, 3.8) is 0 Å². The first kappa shape index (κ1) is 29.2. The van der Waals surface area contributed by atoms with Gasteiger partial charge in [-0.3, -0.25) is 14.4 Å². The van der Waals surface area contributed by atoms with E-state index in [0.717, 1.165) is 27.3 Å². The number of carbonyl (C=O) groups excluding carboxylic acids is 2. The van der Waals surface area contributed by atoms with E-state index in [1.165, 1.54) is 0 Å². The normalized spacial score (nSPS) is 11.8. The first-order valence-electron chi connectivity index (χ1n) is 13.5. The van der Waals surface area contributed by atoms with Gasteiger partial charge in [0.1, 0.15) is 12.1 Å². The van der Waals surface area contributed by atoms with E-state index < -0.39 is 23.3 Å². The smallest absolute Gasteiger partial charge is 0.330 e. The van der Waals surface area contributed by atoms with Gasteiger partial charge in [-0.2, -0.15) is 0 Å². The van der Waals surface area contributed by atoms with Crippen LogP contribution in [0.3, 0.4) is 0 Å². The molecule has 7 nitrogen and oxygen atoms in total. The molecule has 210 valence electrons. The fraction of sp³-hybridized carbons (Fsp3) is 0.206. The van der Waals surface area contributed by atoms with Crippen LogP contribution in [0.15, 0.2) is 121 Å². The molecule has 0 saturated heterocycles. The van der Waals surface area contributed by atoms with Crippen LogP contribution in [-0.2, 0) is 45.1 Å². The number of carbonyl (C=O) groups is 3. The lowest BCUT2D eigenvalue weighted by Gasteiger charge is -2.33. The van der Waals surface area contributed by atoms with Crippen LogP contribution in [0.5, 0.6) is 0 Å². The molecule has 0 spiro atoms. The lowest BCUT2D eigenvalue weighted by molar-refractivity contribution is -0.182. The number of rotatable bonds is 15. The highest BCUT2D eigenvalue weighted by Gasteiger charge is 2.42. The molecule has 0 bridgehead atoms. The van der Waals surface area contributed by atoms with E-state index in [-0.39, 0.29) is 32.4 Å². The number of hydrogen-bond donors (Lipinski definition) is 2. The van der Waals surface area contributed by atoms with Crippen molar-refractivity contribution in [3.05, 3.63) is 144 Å². The van der Waals surface area contributed by atoms with Gasteiger partial charge in [0.05, 0.1) is 12.5 Å². The average molecular weight is 551 g/mol.